The summed E-state index contributed by atoms with van der Waals surface area (Å²) in [4.78, 5) is 32.7. The molecule has 0 aliphatic heterocycles. The summed E-state index contributed by atoms with van der Waals surface area (Å²) in [6.07, 6.45) is 0. The normalized spacial score (nSPS) is 11.0. The number of nitro benzene ring substituents is 1. The number of nitrogens with two attached hydrogens (primary N) is 1. The number of hydrogen-bond acceptors (Lipinski definition) is 7. The quantitative estimate of drug-likeness (QED) is 0.281. The predicted molar refractivity (Wildman–Crippen MR) is 116 cm³/mol. The van der Waals surface area contributed by atoms with Crippen LogP contribution < -0.4 is 16.4 Å². The molecular formula is C20H28N4O6. The van der Waals surface area contributed by atoms with Crippen LogP contribution in [0.3, 0.4) is 0 Å². The molecule has 2 aromatic rings. The third kappa shape index (κ3) is 8.25. The molecule has 0 aromatic heterocycles. The number of carbonyl (C=O) groups is 2. The third-order valence-electron chi connectivity index (χ3n) is 3.57. The number of amides is 2. The fourth-order valence-electron chi connectivity index (χ4n) is 1.88. The van der Waals surface area contributed by atoms with E-state index >= 15 is 0 Å². The molecule has 0 radical (unpaired) electrons. The Morgan fingerprint density at radius 3 is 1.77 bits per heavy atom. The molecule has 6 N–H and O–H groups in total. The highest BCUT2D eigenvalue weighted by Gasteiger charge is 2.24. The number of nitro groups is 1. The smallest absolute Gasteiger partial charge is 0.271 e. The molecule has 0 saturated heterocycles. The molecule has 0 spiro atoms. The highest BCUT2D eigenvalue weighted by molar-refractivity contribution is 5.97. The van der Waals surface area contributed by atoms with Crippen LogP contribution >= 0.6 is 0 Å². The van der Waals surface area contributed by atoms with Gasteiger partial charge in [0.25, 0.3) is 17.5 Å². The van der Waals surface area contributed by atoms with Gasteiger partial charge in [-0.3, -0.25) is 19.7 Å². The molecule has 0 fully saturated rings. The Balaban J connectivity index is 0.000000567. The summed E-state index contributed by atoms with van der Waals surface area (Å²) >= 11 is 0. The van der Waals surface area contributed by atoms with Gasteiger partial charge < -0.3 is 26.6 Å². The zero-order chi connectivity index (χ0) is 23.1. The Hall–Kier alpha value is -3.50. The van der Waals surface area contributed by atoms with Gasteiger partial charge in [-0.2, -0.15) is 0 Å². The lowest BCUT2D eigenvalue weighted by molar-refractivity contribution is -0.384. The van der Waals surface area contributed by atoms with Crippen molar-refractivity contribution in [2.45, 2.75) is 38.9 Å². The van der Waals surface area contributed by atoms with Crippen molar-refractivity contribution >= 4 is 34.6 Å². The van der Waals surface area contributed by atoms with Gasteiger partial charge in [-0.1, -0.05) is 12.1 Å². The van der Waals surface area contributed by atoms with Crippen molar-refractivity contribution in [3.05, 3.63) is 58.6 Å². The van der Waals surface area contributed by atoms with Gasteiger partial charge in [0, 0.05) is 30.6 Å². The van der Waals surface area contributed by atoms with Crippen LogP contribution in [0.15, 0.2) is 48.5 Å². The summed E-state index contributed by atoms with van der Waals surface area (Å²) in [5, 5.41) is 34.2. The molecule has 10 nitrogen and oxygen atoms in total. The van der Waals surface area contributed by atoms with E-state index in [0.29, 0.717) is 11.4 Å². The van der Waals surface area contributed by atoms with Crippen LogP contribution in [-0.2, 0) is 9.59 Å². The monoisotopic (exact) mass is 420 g/mol. The van der Waals surface area contributed by atoms with Crippen molar-refractivity contribution in [3.8, 4) is 0 Å². The largest absolute Gasteiger partial charge is 0.399 e. The molecule has 0 aliphatic rings. The van der Waals surface area contributed by atoms with E-state index in [-0.39, 0.29) is 12.8 Å². The van der Waals surface area contributed by atoms with E-state index in [1.807, 2.05) is 0 Å². The number of hydrogen-bond donors (Lipinski definition) is 5. The van der Waals surface area contributed by atoms with Crippen LogP contribution in [0.5, 0.6) is 0 Å². The van der Waals surface area contributed by atoms with Gasteiger partial charge in [0.15, 0.2) is 0 Å². The van der Waals surface area contributed by atoms with Crippen molar-refractivity contribution in [2.75, 3.05) is 16.4 Å². The van der Waals surface area contributed by atoms with Crippen molar-refractivity contribution in [2.24, 2.45) is 0 Å². The summed E-state index contributed by atoms with van der Waals surface area (Å²) in [6.45, 7) is 5.52. The lowest BCUT2D eigenvalue weighted by Crippen LogP contribution is -2.36. The zero-order valence-electron chi connectivity index (χ0n) is 17.2. The third-order valence-corrected chi connectivity index (χ3v) is 3.57. The van der Waals surface area contributed by atoms with Crippen LogP contribution in [0.25, 0.3) is 0 Å². The molecule has 0 saturated carbocycles. The van der Waals surface area contributed by atoms with Crippen molar-refractivity contribution in [1.82, 2.24) is 0 Å². The van der Waals surface area contributed by atoms with Crippen LogP contribution in [0, 0.1) is 10.1 Å². The number of benzene rings is 2. The first kappa shape index (κ1) is 24.5. The van der Waals surface area contributed by atoms with Gasteiger partial charge in [0.1, 0.15) is 11.2 Å². The first-order valence-corrected chi connectivity index (χ1v) is 8.88. The standard InChI is InChI=1S/C10H12N2O4.C10H14N2O2.H2/c1-10(2,14)9(13)11-7-4-3-5-8(6-7)12(15)16;1-10(2,14)9(13)12-8-5-3-4-7(11)6-8;/h3-6,14H,1-2H3,(H,11,13);3-6,14H,11H2,1-2H3,(H,12,13);1H. The molecule has 10 heteroatoms. The Morgan fingerprint density at radius 2 is 1.37 bits per heavy atom. The molecule has 2 amide bonds. The number of nitrogen functional groups attached to an aromatic ring is 1. The lowest BCUT2D eigenvalue weighted by Gasteiger charge is -2.16. The summed E-state index contributed by atoms with van der Waals surface area (Å²) in [7, 11) is 0. The minimum absolute atomic E-state index is 0. The highest BCUT2D eigenvalue weighted by atomic mass is 16.6. The molecule has 2 aromatic carbocycles. The maximum absolute atomic E-state index is 11.4. The van der Waals surface area contributed by atoms with E-state index in [2.05, 4.69) is 10.6 Å². The van der Waals surface area contributed by atoms with Gasteiger partial charge in [-0.05, 0) is 52.0 Å². The minimum Gasteiger partial charge on any atom is -0.399 e. The van der Waals surface area contributed by atoms with Gasteiger partial charge in [-0.15, -0.1) is 0 Å². The van der Waals surface area contributed by atoms with E-state index < -0.39 is 27.9 Å². The van der Waals surface area contributed by atoms with Crippen LogP contribution in [-0.4, -0.2) is 38.2 Å². The molecular weight excluding hydrogens is 392 g/mol. The van der Waals surface area contributed by atoms with Crippen LogP contribution in [0.1, 0.15) is 29.1 Å². The lowest BCUT2D eigenvalue weighted by atomic mass is 10.1. The van der Waals surface area contributed by atoms with Crippen LogP contribution in [0.4, 0.5) is 22.7 Å². The fourth-order valence-corrected chi connectivity index (χ4v) is 1.88. The molecule has 2 rings (SSSR count). The van der Waals surface area contributed by atoms with E-state index in [9.17, 15) is 29.9 Å². The predicted octanol–water partition coefficient (Wildman–Crippen LogP) is 2.53. The zero-order valence-corrected chi connectivity index (χ0v) is 17.2. The highest BCUT2D eigenvalue weighted by Crippen LogP contribution is 2.18. The first-order valence-electron chi connectivity index (χ1n) is 8.88. The summed E-state index contributed by atoms with van der Waals surface area (Å²) in [5.74, 6) is -1.07. The number of nitrogens with zero attached hydrogens (tertiary/aromatic N) is 1. The Bertz CT molecular complexity index is 922. The maximum Gasteiger partial charge on any atom is 0.271 e. The van der Waals surface area contributed by atoms with Gasteiger partial charge in [-0.25, -0.2) is 0 Å². The molecule has 0 aliphatic carbocycles. The first-order chi connectivity index (χ1) is 13.7. The van der Waals surface area contributed by atoms with Gasteiger partial charge >= 0.3 is 0 Å². The average Bonchev–Trinajstić information content (AvgIpc) is 2.61. The Labute approximate surface area is 175 Å². The van der Waals surface area contributed by atoms with E-state index in [4.69, 9.17) is 5.73 Å². The number of non-ortho nitro benzene ring substituents is 1. The maximum atomic E-state index is 11.4. The number of aliphatic hydroxyl groups is 2. The van der Waals surface area contributed by atoms with Gasteiger partial charge in [0.05, 0.1) is 4.92 Å². The minimum atomic E-state index is -1.52. The molecule has 0 bridgehead atoms. The number of anilines is 3. The topological polar surface area (TPSA) is 168 Å². The van der Waals surface area contributed by atoms with E-state index in [0.717, 1.165) is 0 Å². The second kappa shape index (κ2) is 9.81. The average molecular weight is 420 g/mol. The second-order valence-electron chi connectivity index (χ2n) is 7.46. The molecule has 30 heavy (non-hydrogen) atoms. The fraction of sp³-hybridized carbons (Fsp3) is 0.300. The second-order valence-corrected chi connectivity index (χ2v) is 7.46. The Morgan fingerprint density at radius 1 is 0.933 bits per heavy atom. The Kier molecular flexibility index (Phi) is 8.02. The number of nitrogens with one attached hydrogen (secondary N) is 2. The molecule has 164 valence electrons. The van der Waals surface area contributed by atoms with Crippen molar-refractivity contribution in [3.63, 3.8) is 0 Å². The summed E-state index contributed by atoms with van der Waals surface area (Å²) in [6, 6.07) is 12.3. The summed E-state index contributed by atoms with van der Waals surface area (Å²) < 4.78 is 0. The van der Waals surface area contributed by atoms with E-state index in [1.54, 1.807) is 24.3 Å². The summed E-state index contributed by atoms with van der Waals surface area (Å²) in [5.41, 5.74) is 3.93. The number of rotatable bonds is 5. The molecule has 0 unspecified atom stereocenters. The molecule has 0 heterocycles. The van der Waals surface area contributed by atoms with Gasteiger partial charge in [0.2, 0.25) is 0 Å². The SMILES string of the molecule is CC(C)(O)C(=O)Nc1cccc(N)c1.CC(C)(O)C(=O)Nc1cccc([N+](=O)[O-])c1.[HH]. The van der Waals surface area contributed by atoms with Crippen LogP contribution in [0.2, 0.25) is 0 Å². The number of carbonyl (C=O) groups excluding carboxylic acids is 2. The van der Waals surface area contributed by atoms with Crippen molar-refractivity contribution < 1.29 is 26.2 Å². The molecule has 0 atom stereocenters. The van der Waals surface area contributed by atoms with Crippen molar-refractivity contribution in [1.29, 1.82) is 0 Å². The van der Waals surface area contributed by atoms with E-state index in [1.165, 1.54) is 52.0 Å².